The zero-order valence-electron chi connectivity index (χ0n) is 14.6. The quantitative estimate of drug-likeness (QED) is 0.665. The molecule has 5 nitrogen and oxygen atoms in total. The Morgan fingerprint density at radius 1 is 1.09 bits per heavy atom. The molecular weight excluding hydrogens is 278 g/mol. The molecule has 0 aromatic carbocycles. The Hall–Kier alpha value is -0.940. The van der Waals surface area contributed by atoms with Crippen LogP contribution in [0.15, 0.2) is 0 Å². The van der Waals surface area contributed by atoms with Gasteiger partial charge in [-0.2, -0.15) is 0 Å². The van der Waals surface area contributed by atoms with Gasteiger partial charge in [0.1, 0.15) is 5.78 Å². The first kappa shape index (κ1) is 19.1. The van der Waals surface area contributed by atoms with Crippen LogP contribution in [0.3, 0.4) is 0 Å². The molecule has 0 spiro atoms. The summed E-state index contributed by atoms with van der Waals surface area (Å²) in [6.07, 6.45) is 3.83. The highest BCUT2D eigenvalue weighted by Crippen LogP contribution is 2.14. The Balaban J connectivity index is 2.52. The van der Waals surface area contributed by atoms with Crippen LogP contribution in [0.5, 0.6) is 0 Å². The van der Waals surface area contributed by atoms with Crippen LogP contribution < -0.4 is 5.32 Å². The van der Waals surface area contributed by atoms with Gasteiger partial charge in [0.2, 0.25) is 5.91 Å². The predicted molar refractivity (Wildman–Crippen MR) is 89.9 cm³/mol. The second-order valence-corrected chi connectivity index (χ2v) is 6.42. The van der Waals surface area contributed by atoms with E-state index in [-0.39, 0.29) is 17.6 Å². The van der Waals surface area contributed by atoms with Crippen LogP contribution >= 0.6 is 0 Å². The molecule has 0 aromatic rings. The molecule has 1 atom stereocenters. The molecule has 5 heteroatoms. The Kier molecular flexibility index (Phi) is 9.32. The molecule has 1 amide bonds. The smallest absolute Gasteiger partial charge is 0.220 e. The molecule has 1 heterocycles. The first-order chi connectivity index (χ1) is 10.6. The van der Waals surface area contributed by atoms with Crippen molar-refractivity contribution < 1.29 is 9.59 Å². The van der Waals surface area contributed by atoms with Crippen LogP contribution in [-0.2, 0) is 9.59 Å². The fourth-order valence-corrected chi connectivity index (χ4v) is 2.74. The SMILES string of the molecule is CCCCC(=O)C(CC(=O)NCCC)CN1CCN(C)CC1. The number of hydrogen-bond donors (Lipinski definition) is 1. The van der Waals surface area contributed by atoms with Gasteiger partial charge in [0.25, 0.3) is 0 Å². The summed E-state index contributed by atoms with van der Waals surface area (Å²) < 4.78 is 0. The molecule has 0 bridgehead atoms. The lowest BCUT2D eigenvalue weighted by Gasteiger charge is -2.34. The normalized spacial score (nSPS) is 18.1. The molecule has 128 valence electrons. The molecule has 1 rings (SSSR count). The molecule has 1 N–H and O–H groups in total. The van der Waals surface area contributed by atoms with Crippen LogP contribution in [0.4, 0.5) is 0 Å². The number of nitrogens with zero attached hydrogens (tertiary/aromatic N) is 2. The van der Waals surface area contributed by atoms with Crippen LogP contribution in [0.25, 0.3) is 0 Å². The lowest BCUT2D eigenvalue weighted by atomic mass is 9.94. The number of rotatable bonds is 10. The van der Waals surface area contributed by atoms with Crippen LogP contribution in [0, 0.1) is 5.92 Å². The summed E-state index contributed by atoms with van der Waals surface area (Å²) in [4.78, 5) is 29.1. The van der Waals surface area contributed by atoms with Gasteiger partial charge in [-0.1, -0.05) is 20.3 Å². The highest BCUT2D eigenvalue weighted by atomic mass is 16.2. The first-order valence-electron chi connectivity index (χ1n) is 8.77. The third kappa shape index (κ3) is 7.36. The maximum absolute atomic E-state index is 12.4. The van der Waals surface area contributed by atoms with Gasteiger partial charge in [-0.25, -0.2) is 0 Å². The van der Waals surface area contributed by atoms with E-state index in [0.717, 1.165) is 52.0 Å². The molecule has 22 heavy (non-hydrogen) atoms. The zero-order valence-corrected chi connectivity index (χ0v) is 14.6. The molecule has 0 aromatic heterocycles. The van der Waals surface area contributed by atoms with Crippen molar-refractivity contribution in [3.8, 4) is 0 Å². The molecule has 1 aliphatic heterocycles. The van der Waals surface area contributed by atoms with Gasteiger partial charge in [-0.3, -0.25) is 9.59 Å². The third-order valence-corrected chi connectivity index (χ3v) is 4.31. The molecule has 1 fully saturated rings. The number of piperazine rings is 1. The topological polar surface area (TPSA) is 52.7 Å². The fraction of sp³-hybridized carbons (Fsp3) is 0.882. The summed E-state index contributed by atoms with van der Waals surface area (Å²) in [7, 11) is 2.12. The van der Waals surface area contributed by atoms with E-state index < -0.39 is 0 Å². The Bertz CT molecular complexity index is 339. The monoisotopic (exact) mass is 311 g/mol. The molecule has 0 saturated carbocycles. The van der Waals surface area contributed by atoms with Gasteiger partial charge in [-0.05, 0) is 19.9 Å². The van der Waals surface area contributed by atoms with E-state index in [9.17, 15) is 9.59 Å². The van der Waals surface area contributed by atoms with Gasteiger partial charge in [-0.15, -0.1) is 0 Å². The van der Waals surface area contributed by atoms with E-state index in [0.29, 0.717) is 19.4 Å². The Morgan fingerprint density at radius 2 is 1.77 bits per heavy atom. The van der Waals surface area contributed by atoms with Crippen molar-refractivity contribution >= 4 is 11.7 Å². The van der Waals surface area contributed by atoms with Crippen molar-refractivity contribution in [1.82, 2.24) is 15.1 Å². The number of amides is 1. The number of likely N-dealkylation sites (N-methyl/N-ethyl adjacent to an activating group) is 1. The summed E-state index contributed by atoms with van der Waals surface area (Å²) in [5.74, 6) is 0.130. The largest absolute Gasteiger partial charge is 0.356 e. The second-order valence-electron chi connectivity index (χ2n) is 6.42. The van der Waals surface area contributed by atoms with Crippen molar-refractivity contribution in [1.29, 1.82) is 0 Å². The fourth-order valence-electron chi connectivity index (χ4n) is 2.74. The summed E-state index contributed by atoms with van der Waals surface area (Å²) in [5, 5.41) is 2.90. The highest BCUT2D eigenvalue weighted by Gasteiger charge is 2.25. The number of ketones is 1. The molecule has 1 saturated heterocycles. The summed E-state index contributed by atoms with van der Waals surface area (Å²) in [5.41, 5.74) is 0. The van der Waals surface area contributed by atoms with Crippen molar-refractivity contribution in [3.63, 3.8) is 0 Å². The average Bonchev–Trinajstić information content (AvgIpc) is 2.52. The minimum absolute atomic E-state index is 0.0193. The first-order valence-corrected chi connectivity index (χ1v) is 8.77. The number of carbonyl (C=O) groups is 2. The lowest BCUT2D eigenvalue weighted by Crippen LogP contribution is -2.47. The molecule has 0 aliphatic carbocycles. The highest BCUT2D eigenvalue weighted by molar-refractivity contribution is 5.87. The number of hydrogen-bond acceptors (Lipinski definition) is 4. The number of nitrogens with one attached hydrogen (secondary N) is 1. The second kappa shape index (κ2) is 10.7. The van der Waals surface area contributed by atoms with Gasteiger partial charge in [0.15, 0.2) is 0 Å². The molecule has 0 radical (unpaired) electrons. The minimum Gasteiger partial charge on any atom is -0.356 e. The van der Waals surface area contributed by atoms with Crippen LogP contribution in [0.2, 0.25) is 0 Å². The lowest BCUT2D eigenvalue weighted by molar-refractivity contribution is -0.129. The number of Topliss-reactive ketones (excluding diaryl/α,β-unsaturated/α-hetero) is 1. The van der Waals surface area contributed by atoms with E-state index in [4.69, 9.17) is 0 Å². The van der Waals surface area contributed by atoms with Gasteiger partial charge in [0, 0.05) is 58.0 Å². The number of carbonyl (C=O) groups excluding carboxylic acids is 2. The van der Waals surface area contributed by atoms with Crippen LogP contribution in [0.1, 0.15) is 46.0 Å². The average molecular weight is 311 g/mol. The maximum Gasteiger partial charge on any atom is 0.220 e. The molecule has 1 aliphatic rings. The van der Waals surface area contributed by atoms with Crippen molar-refractivity contribution in [3.05, 3.63) is 0 Å². The summed E-state index contributed by atoms with van der Waals surface area (Å²) >= 11 is 0. The van der Waals surface area contributed by atoms with E-state index in [1.807, 2.05) is 6.92 Å². The summed E-state index contributed by atoms with van der Waals surface area (Å²) in [6, 6.07) is 0. The van der Waals surface area contributed by atoms with Gasteiger partial charge >= 0.3 is 0 Å². The van der Waals surface area contributed by atoms with E-state index >= 15 is 0 Å². The van der Waals surface area contributed by atoms with E-state index in [1.54, 1.807) is 0 Å². The van der Waals surface area contributed by atoms with Crippen molar-refractivity contribution in [2.45, 2.75) is 46.0 Å². The van der Waals surface area contributed by atoms with E-state index in [1.165, 1.54) is 0 Å². The Morgan fingerprint density at radius 3 is 2.36 bits per heavy atom. The third-order valence-electron chi connectivity index (χ3n) is 4.31. The predicted octanol–water partition coefficient (Wildman–Crippen LogP) is 1.53. The minimum atomic E-state index is -0.146. The van der Waals surface area contributed by atoms with Crippen molar-refractivity contribution in [2.24, 2.45) is 5.92 Å². The van der Waals surface area contributed by atoms with Gasteiger partial charge in [0.05, 0.1) is 0 Å². The van der Waals surface area contributed by atoms with Gasteiger partial charge < -0.3 is 15.1 Å². The molecule has 1 unspecified atom stereocenters. The van der Waals surface area contributed by atoms with Crippen molar-refractivity contribution in [2.75, 3.05) is 46.3 Å². The standard InChI is InChI=1S/C17H33N3O2/c1-4-6-7-16(21)15(13-17(22)18-8-5-2)14-20-11-9-19(3)10-12-20/h15H,4-14H2,1-3H3,(H,18,22). The Labute approximate surface area is 135 Å². The van der Waals surface area contributed by atoms with E-state index in [2.05, 4.69) is 29.1 Å². The van der Waals surface area contributed by atoms with Crippen LogP contribution in [-0.4, -0.2) is 67.8 Å². The number of unbranched alkanes of at least 4 members (excludes halogenated alkanes) is 1. The zero-order chi connectivity index (χ0) is 16.4. The maximum atomic E-state index is 12.4. The summed E-state index contributed by atoms with van der Waals surface area (Å²) in [6.45, 7) is 9.62. The molecular formula is C17H33N3O2.